The average Bonchev–Trinajstić information content (AvgIpc) is 3.05. The molecule has 1 N–H and O–H groups in total. The van der Waals surface area contributed by atoms with Crippen LogP contribution in [0.15, 0.2) is 39.4 Å². The molecule has 1 unspecified atom stereocenters. The number of benzene rings is 1. The number of nitrogens with one attached hydrogen (secondary N) is 1. The molecule has 2 aromatic heterocycles. The van der Waals surface area contributed by atoms with Gasteiger partial charge in [0.05, 0.1) is 6.04 Å². The van der Waals surface area contributed by atoms with Gasteiger partial charge in [-0.25, -0.2) is 4.39 Å². The topological polar surface area (TPSA) is 25.2 Å². The first-order chi connectivity index (χ1) is 9.69. The first-order valence-corrected chi connectivity index (χ1v) is 7.50. The van der Waals surface area contributed by atoms with Crippen molar-refractivity contribution in [2.75, 3.05) is 7.05 Å². The fourth-order valence-electron chi connectivity index (χ4n) is 2.51. The van der Waals surface area contributed by atoms with E-state index in [1.54, 1.807) is 17.4 Å². The molecule has 0 saturated carbocycles. The Morgan fingerprint density at radius 1 is 1.35 bits per heavy atom. The molecule has 0 bridgehead atoms. The number of hydrogen-bond donors (Lipinski definition) is 1. The van der Waals surface area contributed by atoms with E-state index in [0.29, 0.717) is 0 Å². The van der Waals surface area contributed by atoms with Gasteiger partial charge in [-0.2, -0.15) is 11.3 Å². The molecule has 20 heavy (non-hydrogen) atoms. The molecule has 0 aliphatic heterocycles. The van der Waals surface area contributed by atoms with E-state index in [1.165, 1.54) is 17.7 Å². The highest BCUT2D eigenvalue weighted by molar-refractivity contribution is 7.07. The van der Waals surface area contributed by atoms with Crippen molar-refractivity contribution in [3.05, 3.63) is 57.7 Å². The maximum Gasteiger partial charge on any atom is 0.134 e. The second kappa shape index (κ2) is 5.38. The number of furan rings is 1. The van der Waals surface area contributed by atoms with Crippen molar-refractivity contribution in [2.24, 2.45) is 0 Å². The molecule has 0 amide bonds. The molecule has 1 atom stereocenters. The van der Waals surface area contributed by atoms with Crippen LogP contribution in [0.5, 0.6) is 0 Å². The average molecular weight is 289 g/mol. The van der Waals surface area contributed by atoms with Crippen LogP contribution in [0.2, 0.25) is 0 Å². The van der Waals surface area contributed by atoms with E-state index in [4.69, 9.17) is 4.42 Å². The molecular formula is C16H16FNOS. The highest BCUT2D eigenvalue weighted by atomic mass is 32.1. The maximum atomic E-state index is 13.4. The summed E-state index contributed by atoms with van der Waals surface area (Å²) in [4.78, 5) is 0. The zero-order valence-electron chi connectivity index (χ0n) is 11.4. The molecule has 2 nitrogen and oxygen atoms in total. The number of rotatable bonds is 4. The highest BCUT2D eigenvalue weighted by Gasteiger charge is 2.19. The van der Waals surface area contributed by atoms with E-state index < -0.39 is 0 Å². The first-order valence-electron chi connectivity index (χ1n) is 6.56. The molecule has 0 aliphatic carbocycles. The number of hydrogen-bond acceptors (Lipinski definition) is 3. The Morgan fingerprint density at radius 3 is 2.90 bits per heavy atom. The molecule has 4 heteroatoms. The fraction of sp³-hybridized carbons (Fsp3) is 0.250. The summed E-state index contributed by atoms with van der Waals surface area (Å²) >= 11 is 1.69. The third-order valence-corrected chi connectivity index (χ3v) is 4.35. The van der Waals surface area contributed by atoms with Crippen LogP contribution in [0.3, 0.4) is 0 Å². The number of thiophene rings is 1. The van der Waals surface area contributed by atoms with Crippen LogP contribution < -0.4 is 5.32 Å². The number of halogens is 1. The Kier molecular flexibility index (Phi) is 3.59. The van der Waals surface area contributed by atoms with Crippen LogP contribution in [0.1, 0.15) is 22.9 Å². The van der Waals surface area contributed by atoms with Gasteiger partial charge in [-0.05, 0) is 61.0 Å². The molecule has 0 fully saturated rings. The van der Waals surface area contributed by atoms with Crippen LogP contribution >= 0.6 is 11.3 Å². The standard InChI is InChI=1S/C16H16FNOS/c1-10-13-8-12(17)3-4-15(13)19-16(10)14(18-2)7-11-5-6-20-9-11/h3-6,8-9,14,18H,7H2,1-2H3. The van der Waals surface area contributed by atoms with Crippen molar-refractivity contribution in [1.29, 1.82) is 0 Å². The fourth-order valence-corrected chi connectivity index (χ4v) is 3.20. The zero-order chi connectivity index (χ0) is 14.1. The summed E-state index contributed by atoms with van der Waals surface area (Å²) in [6.07, 6.45) is 0.864. The number of aryl methyl sites for hydroxylation is 1. The Balaban J connectivity index is 2.01. The maximum absolute atomic E-state index is 13.4. The van der Waals surface area contributed by atoms with E-state index in [0.717, 1.165) is 28.7 Å². The summed E-state index contributed by atoms with van der Waals surface area (Å²) in [5.74, 6) is 0.658. The summed E-state index contributed by atoms with van der Waals surface area (Å²) in [5.41, 5.74) is 3.03. The molecule has 104 valence electrons. The predicted molar refractivity (Wildman–Crippen MR) is 80.7 cm³/mol. The van der Waals surface area contributed by atoms with Gasteiger partial charge in [0.2, 0.25) is 0 Å². The third-order valence-electron chi connectivity index (χ3n) is 3.62. The van der Waals surface area contributed by atoms with Crippen molar-refractivity contribution in [3.8, 4) is 0 Å². The normalized spacial score (nSPS) is 12.9. The summed E-state index contributed by atoms with van der Waals surface area (Å²) in [6, 6.07) is 6.88. The van der Waals surface area contributed by atoms with E-state index in [2.05, 4.69) is 22.1 Å². The van der Waals surface area contributed by atoms with Gasteiger partial charge in [-0.15, -0.1) is 0 Å². The molecule has 3 rings (SSSR count). The van der Waals surface area contributed by atoms with Gasteiger partial charge in [-0.3, -0.25) is 0 Å². The van der Waals surface area contributed by atoms with Crippen molar-refractivity contribution in [3.63, 3.8) is 0 Å². The lowest BCUT2D eigenvalue weighted by Gasteiger charge is -2.13. The van der Waals surface area contributed by atoms with Gasteiger partial charge in [0.25, 0.3) is 0 Å². The van der Waals surface area contributed by atoms with Gasteiger partial charge >= 0.3 is 0 Å². The molecule has 0 saturated heterocycles. The zero-order valence-corrected chi connectivity index (χ0v) is 12.3. The SMILES string of the molecule is CNC(Cc1ccsc1)c1oc2ccc(F)cc2c1C. The molecule has 2 heterocycles. The van der Waals surface area contributed by atoms with E-state index in [9.17, 15) is 4.39 Å². The van der Waals surface area contributed by atoms with Gasteiger partial charge in [0.15, 0.2) is 0 Å². The van der Waals surface area contributed by atoms with Crippen LogP contribution in [0.25, 0.3) is 11.0 Å². The summed E-state index contributed by atoms with van der Waals surface area (Å²) in [5, 5.41) is 8.36. The van der Waals surface area contributed by atoms with Crippen LogP contribution in [0, 0.1) is 12.7 Å². The molecule has 1 aromatic carbocycles. The van der Waals surface area contributed by atoms with Crippen LogP contribution in [0.4, 0.5) is 4.39 Å². The minimum absolute atomic E-state index is 0.0973. The lowest BCUT2D eigenvalue weighted by Crippen LogP contribution is -2.18. The predicted octanol–water partition coefficient (Wildman–Crippen LogP) is 4.45. The Labute approximate surface area is 121 Å². The van der Waals surface area contributed by atoms with E-state index in [1.807, 2.05) is 14.0 Å². The smallest absolute Gasteiger partial charge is 0.134 e. The Morgan fingerprint density at radius 2 is 2.20 bits per heavy atom. The van der Waals surface area contributed by atoms with Crippen molar-refractivity contribution >= 4 is 22.3 Å². The lowest BCUT2D eigenvalue weighted by atomic mass is 10.0. The first kappa shape index (κ1) is 13.3. The number of fused-ring (bicyclic) bond motifs is 1. The second-order valence-corrected chi connectivity index (χ2v) is 5.69. The van der Waals surface area contributed by atoms with Crippen molar-refractivity contribution in [2.45, 2.75) is 19.4 Å². The minimum atomic E-state index is -0.230. The van der Waals surface area contributed by atoms with Crippen LogP contribution in [-0.4, -0.2) is 7.05 Å². The number of likely N-dealkylation sites (N-methyl/N-ethyl adjacent to an activating group) is 1. The lowest BCUT2D eigenvalue weighted by molar-refractivity contribution is 0.447. The molecular weight excluding hydrogens is 273 g/mol. The van der Waals surface area contributed by atoms with Crippen LogP contribution in [-0.2, 0) is 6.42 Å². The minimum Gasteiger partial charge on any atom is -0.459 e. The van der Waals surface area contributed by atoms with Crippen molar-refractivity contribution < 1.29 is 8.81 Å². The molecule has 3 aromatic rings. The largest absolute Gasteiger partial charge is 0.459 e. The van der Waals surface area contributed by atoms with Gasteiger partial charge in [0, 0.05) is 10.9 Å². The van der Waals surface area contributed by atoms with Gasteiger partial charge < -0.3 is 9.73 Å². The van der Waals surface area contributed by atoms with Gasteiger partial charge in [0.1, 0.15) is 17.2 Å². The summed E-state index contributed by atoms with van der Waals surface area (Å²) in [6.45, 7) is 1.98. The molecule has 0 aliphatic rings. The molecule has 0 radical (unpaired) electrons. The Hall–Kier alpha value is -1.65. The third kappa shape index (κ3) is 2.37. The Bertz CT molecular complexity index is 717. The second-order valence-electron chi connectivity index (χ2n) is 4.91. The van der Waals surface area contributed by atoms with E-state index in [-0.39, 0.29) is 11.9 Å². The summed E-state index contributed by atoms with van der Waals surface area (Å²) < 4.78 is 19.3. The summed E-state index contributed by atoms with van der Waals surface area (Å²) in [7, 11) is 1.92. The monoisotopic (exact) mass is 289 g/mol. The van der Waals surface area contributed by atoms with Gasteiger partial charge in [-0.1, -0.05) is 0 Å². The van der Waals surface area contributed by atoms with Crippen molar-refractivity contribution in [1.82, 2.24) is 5.32 Å². The van der Waals surface area contributed by atoms with E-state index >= 15 is 0 Å². The quantitative estimate of drug-likeness (QED) is 0.768. The highest BCUT2D eigenvalue weighted by Crippen LogP contribution is 2.31. The molecule has 0 spiro atoms.